The fourth-order valence-corrected chi connectivity index (χ4v) is 7.89. The molecule has 1 aromatic heterocycles. The highest BCUT2D eigenvalue weighted by molar-refractivity contribution is 7.48. The molecular formula is C28H39ClN5O9P. The zero-order chi connectivity index (χ0) is 31.1. The Hall–Kier alpha value is -2.26. The van der Waals surface area contributed by atoms with Gasteiger partial charge in [-0.1, -0.05) is 36.6 Å². The normalized spacial score (nSPS) is 32.9. The van der Waals surface area contributed by atoms with Gasteiger partial charge >= 0.3 is 7.82 Å². The number of benzene rings is 1. The zero-order valence-electron chi connectivity index (χ0n) is 24.6. The number of phosphoric acid groups is 1. The molecule has 14 nitrogen and oxygen atoms in total. The Morgan fingerprint density at radius 1 is 1.30 bits per heavy atom. The quantitative estimate of drug-likeness (QED) is 0.213. The topological polar surface area (TPSA) is 180 Å². The molecule has 1 aliphatic carbocycles. The number of fused-ring (bicyclic) bond motifs is 1. The number of aliphatic hydroxyl groups is 2. The van der Waals surface area contributed by atoms with Crippen LogP contribution in [0.15, 0.2) is 24.3 Å². The first kappa shape index (κ1) is 31.7. The molecule has 5 N–H and O–H groups in total. The smallest absolute Gasteiger partial charge is 0.475 e. The first-order chi connectivity index (χ1) is 21.1. The third-order valence-electron chi connectivity index (χ3n) is 8.45. The van der Waals surface area contributed by atoms with E-state index < -0.39 is 44.3 Å². The summed E-state index contributed by atoms with van der Waals surface area (Å²) >= 11 is 6.15. The lowest BCUT2D eigenvalue weighted by Crippen LogP contribution is -2.55. The largest absolute Gasteiger partial charge is 0.476 e. The summed E-state index contributed by atoms with van der Waals surface area (Å²) in [6, 6.07) is 7.10. The van der Waals surface area contributed by atoms with Crippen LogP contribution in [0, 0.1) is 5.92 Å². The molecule has 1 saturated carbocycles. The van der Waals surface area contributed by atoms with Crippen LogP contribution in [0.25, 0.3) is 0 Å². The molecule has 4 aliphatic rings. The van der Waals surface area contributed by atoms with Gasteiger partial charge in [0.2, 0.25) is 11.8 Å². The lowest BCUT2D eigenvalue weighted by molar-refractivity contribution is -0.209. The van der Waals surface area contributed by atoms with Gasteiger partial charge in [0.1, 0.15) is 23.5 Å². The van der Waals surface area contributed by atoms with Gasteiger partial charge in [0.15, 0.2) is 18.3 Å². The Morgan fingerprint density at radius 3 is 2.84 bits per heavy atom. The van der Waals surface area contributed by atoms with Crippen molar-refractivity contribution in [2.75, 3.05) is 42.4 Å². The first-order valence-electron chi connectivity index (χ1n) is 14.9. The van der Waals surface area contributed by atoms with E-state index in [4.69, 9.17) is 45.1 Å². The molecule has 2 saturated heterocycles. The Kier molecular flexibility index (Phi) is 9.27. The summed E-state index contributed by atoms with van der Waals surface area (Å²) in [6.45, 7) is 3.75. The number of phosphoric ester groups is 1. The van der Waals surface area contributed by atoms with Gasteiger partial charge in [-0.15, -0.1) is 0 Å². The summed E-state index contributed by atoms with van der Waals surface area (Å²) in [5.41, 5.74) is 5.54. The Balaban J connectivity index is 1.24. The van der Waals surface area contributed by atoms with Gasteiger partial charge in [-0.3, -0.25) is 13.6 Å². The number of nitrogens with zero attached hydrogens (tertiary/aromatic N) is 3. The third-order valence-corrected chi connectivity index (χ3v) is 10.2. The maximum Gasteiger partial charge on any atom is 0.475 e. The Bertz CT molecular complexity index is 1380. The molecule has 6 rings (SSSR count). The molecule has 242 valence electrons. The fraction of sp³-hybridized carbons (Fsp3) is 0.643. The van der Waals surface area contributed by atoms with Crippen LogP contribution in [0.5, 0.6) is 5.88 Å². The number of anilines is 3. The lowest BCUT2D eigenvalue weighted by atomic mass is 9.95. The van der Waals surface area contributed by atoms with E-state index in [1.807, 2.05) is 13.0 Å². The summed E-state index contributed by atoms with van der Waals surface area (Å²) in [6.07, 6.45) is -0.749. The van der Waals surface area contributed by atoms with Gasteiger partial charge in [-0.25, -0.2) is 4.57 Å². The highest BCUT2D eigenvalue weighted by Gasteiger charge is 2.58. The number of nitrogen functional groups attached to an aromatic ring is 1. The van der Waals surface area contributed by atoms with Crippen molar-refractivity contribution in [2.45, 2.75) is 82.4 Å². The van der Waals surface area contributed by atoms with E-state index in [1.165, 1.54) is 0 Å². The highest BCUT2D eigenvalue weighted by atomic mass is 35.5. The molecule has 0 spiro atoms. The minimum Gasteiger partial charge on any atom is -0.476 e. The maximum absolute atomic E-state index is 13.6. The van der Waals surface area contributed by atoms with Gasteiger partial charge in [0.25, 0.3) is 0 Å². The number of halogens is 1. The van der Waals surface area contributed by atoms with Crippen molar-refractivity contribution in [3.8, 4) is 5.88 Å². The van der Waals surface area contributed by atoms with Crippen LogP contribution in [0.1, 0.15) is 57.6 Å². The zero-order valence-corrected chi connectivity index (χ0v) is 26.3. The summed E-state index contributed by atoms with van der Waals surface area (Å²) in [5.74, 6) is 0.558. The Labute approximate surface area is 260 Å². The number of rotatable bonds is 10. The molecule has 16 heteroatoms. The van der Waals surface area contributed by atoms with Crippen molar-refractivity contribution >= 4 is 36.9 Å². The van der Waals surface area contributed by atoms with Gasteiger partial charge in [-0.05, 0) is 44.4 Å². The lowest BCUT2D eigenvalue weighted by Gasteiger charge is -2.36. The molecule has 3 aliphatic heterocycles. The van der Waals surface area contributed by atoms with Crippen LogP contribution in [0.3, 0.4) is 0 Å². The molecule has 4 heterocycles. The van der Waals surface area contributed by atoms with Crippen molar-refractivity contribution in [1.82, 2.24) is 9.97 Å². The van der Waals surface area contributed by atoms with Gasteiger partial charge in [-0.2, -0.15) is 9.97 Å². The van der Waals surface area contributed by atoms with Crippen LogP contribution in [0.2, 0.25) is 5.02 Å². The van der Waals surface area contributed by atoms with Crippen molar-refractivity contribution in [2.24, 2.45) is 5.92 Å². The van der Waals surface area contributed by atoms with Crippen LogP contribution in [0.4, 0.5) is 17.5 Å². The average molecular weight is 656 g/mol. The number of hydrogen-bond donors (Lipinski definition) is 4. The molecule has 7 atom stereocenters. The van der Waals surface area contributed by atoms with E-state index in [0.717, 1.165) is 31.2 Å². The number of nitrogens with two attached hydrogens (primary N) is 1. The maximum atomic E-state index is 13.6. The molecule has 3 fully saturated rings. The molecule has 44 heavy (non-hydrogen) atoms. The molecule has 2 aromatic rings. The number of ether oxygens (including phenoxy) is 3. The molecule has 0 bridgehead atoms. The number of hydrogen-bond acceptors (Lipinski definition) is 14. The second-order valence-corrected chi connectivity index (χ2v) is 13.6. The summed E-state index contributed by atoms with van der Waals surface area (Å²) in [5, 5.41) is 26.7. The molecule has 1 aromatic carbocycles. The summed E-state index contributed by atoms with van der Waals surface area (Å²) < 4.78 is 48.9. The van der Waals surface area contributed by atoms with E-state index in [9.17, 15) is 14.8 Å². The van der Waals surface area contributed by atoms with Crippen molar-refractivity contribution < 1.29 is 42.6 Å². The van der Waals surface area contributed by atoms with Gasteiger partial charge in [0.05, 0.1) is 32.6 Å². The summed E-state index contributed by atoms with van der Waals surface area (Å²) in [7, 11) is -4.05. The molecule has 0 amide bonds. The van der Waals surface area contributed by atoms with E-state index in [-0.39, 0.29) is 37.6 Å². The van der Waals surface area contributed by atoms with Crippen LogP contribution in [-0.4, -0.2) is 77.0 Å². The van der Waals surface area contributed by atoms with E-state index in [2.05, 4.69) is 15.3 Å². The monoisotopic (exact) mass is 655 g/mol. The average Bonchev–Trinajstić information content (AvgIpc) is 3.72. The third kappa shape index (κ3) is 6.37. The first-order valence-corrected chi connectivity index (χ1v) is 16.8. The standard InChI is InChI=1S/C28H39ClN5O9P/c1-3-38-24-21-23(32-27(30)33-24)34(15-31-21)26-28(2,36)22(42-25(35)16-7-4-5-8-16)20(41-26)14-40-44(37)39-12-11-19(43-44)17-9-6-10-18(29)13-17/h6,9-10,13,16,19-20,22,25-26,31,35-36H,3-5,7-8,11-12,14-15H2,1-2H3,(H2,30,32,33). The van der Waals surface area contributed by atoms with E-state index in [1.54, 1.807) is 30.0 Å². The number of aromatic nitrogens is 2. The van der Waals surface area contributed by atoms with Crippen LogP contribution in [-0.2, 0) is 27.6 Å². The molecule has 0 radical (unpaired) electrons. The Morgan fingerprint density at radius 2 is 2.09 bits per heavy atom. The molecule has 7 unspecified atom stereocenters. The minimum absolute atomic E-state index is 0.0122. The van der Waals surface area contributed by atoms with Crippen LogP contribution >= 0.6 is 19.4 Å². The number of aliphatic hydroxyl groups excluding tert-OH is 1. The van der Waals surface area contributed by atoms with Gasteiger partial charge < -0.3 is 40.4 Å². The molecular weight excluding hydrogens is 617 g/mol. The predicted molar refractivity (Wildman–Crippen MR) is 160 cm³/mol. The minimum atomic E-state index is -4.05. The predicted octanol–water partition coefficient (Wildman–Crippen LogP) is 3.97. The summed E-state index contributed by atoms with van der Waals surface area (Å²) in [4.78, 5) is 10.2. The van der Waals surface area contributed by atoms with E-state index in [0.29, 0.717) is 29.6 Å². The SMILES string of the molecule is CCOc1nc(N)nc2c1NCN2C1OC(COP2(=O)OCCC(c3cccc(Cl)c3)O2)C(OC(O)C2CCCC2)C1(C)O. The van der Waals surface area contributed by atoms with E-state index >= 15 is 0 Å². The highest BCUT2D eigenvalue weighted by Crippen LogP contribution is 2.57. The van der Waals surface area contributed by atoms with Gasteiger partial charge in [0, 0.05) is 17.4 Å². The van der Waals surface area contributed by atoms with Crippen molar-refractivity contribution in [1.29, 1.82) is 0 Å². The van der Waals surface area contributed by atoms with Crippen LogP contribution < -0.4 is 20.7 Å². The fourth-order valence-electron chi connectivity index (χ4n) is 6.30. The van der Waals surface area contributed by atoms with Crippen molar-refractivity contribution in [3.63, 3.8) is 0 Å². The number of nitrogens with one attached hydrogen (secondary N) is 1. The van der Waals surface area contributed by atoms with Crippen molar-refractivity contribution in [3.05, 3.63) is 34.9 Å². The second-order valence-electron chi connectivity index (χ2n) is 11.6. The second kappa shape index (κ2) is 12.9.